The fourth-order valence-corrected chi connectivity index (χ4v) is 4.53. The van der Waals surface area contributed by atoms with E-state index in [1.807, 2.05) is 6.92 Å². The van der Waals surface area contributed by atoms with Gasteiger partial charge in [0.15, 0.2) is 0 Å². The summed E-state index contributed by atoms with van der Waals surface area (Å²) in [5.41, 5.74) is -0.482. The second-order valence-corrected chi connectivity index (χ2v) is 7.07. The zero-order valence-corrected chi connectivity index (χ0v) is 14.1. The van der Waals surface area contributed by atoms with Crippen molar-refractivity contribution in [3.63, 3.8) is 0 Å². The summed E-state index contributed by atoms with van der Waals surface area (Å²) in [6.45, 7) is 4.15. The first-order chi connectivity index (χ1) is 11.9. The van der Waals surface area contributed by atoms with Gasteiger partial charge in [0.1, 0.15) is 11.4 Å². The number of carbonyl (C=O) groups excluding carboxylic acids is 3. The molecule has 3 heterocycles. The molecule has 1 aromatic carbocycles. The van der Waals surface area contributed by atoms with E-state index in [1.165, 1.54) is 23.1 Å². The summed E-state index contributed by atoms with van der Waals surface area (Å²) in [4.78, 5) is 40.0. The molecule has 0 aromatic heterocycles. The first-order valence-corrected chi connectivity index (χ1v) is 8.66. The molecular weight excluding hydrogens is 325 g/mol. The maximum Gasteiger partial charge on any atom is 0.250 e. The number of unbranched alkanes of at least 4 members (excludes halogenated alkanes) is 1. The van der Waals surface area contributed by atoms with Gasteiger partial charge in [-0.1, -0.05) is 13.3 Å². The molecule has 0 bridgehead atoms. The van der Waals surface area contributed by atoms with Crippen molar-refractivity contribution in [1.82, 2.24) is 10.2 Å². The van der Waals surface area contributed by atoms with Gasteiger partial charge in [-0.05, 0) is 31.5 Å². The Kier molecular flexibility index (Phi) is 3.47. The van der Waals surface area contributed by atoms with E-state index in [0.29, 0.717) is 17.8 Å². The number of halogens is 1. The van der Waals surface area contributed by atoms with E-state index in [2.05, 4.69) is 10.6 Å². The molecule has 2 N–H and O–H groups in total. The molecule has 2 saturated heterocycles. The van der Waals surface area contributed by atoms with Crippen molar-refractivity contribution in [1.29, 1.82) is 0 Å². The standard InChI is InChI=1S/C18H20FN3O3/c1-3-4-7-22-15(23)13-9(2)21-18(14(13)16(22)24)11-8-10(19)5-6-12(11)20-17(18)25/h5-6,8-9,13-14,21H,3-4,7H2,1-2H3,(H,20,25)/t9-,13+,14-,18+/m0/s1. The van der Waals surface area contributed by atoms with Gasteiger partial charge < -0.3 is 5.32 Å². The Morgan fingerprint density at radius 1 is 1.24 bits per heavy atom. The summed E-state index contributed by atoms with van der Waals surface area (Å²) in [7, 11) is 0. The number of likely N-dealkylation sites (tertiary alicyclic amines) is 1. The fraction of sp³-hybridized carbons (Fsp3) is 0.500. The average Bonchev–Trinajstić information content (AvgIpc) is 3.12. The van der Waals surface area contributed by atoms with Crippen LogP contribution < -0.4 is 10.6 Å². The van der Waals surface area contributed by atoms with Crippen LogP contribution in [0.15, 0.2) is 18.2 Å². The molecule has 7 heteroatoms. The van der Waals surface area contributed by atoms with Crippen molar-refractivity contribution in [2.45, 2.75) is 38.3 Å². The van der Waals surface area contributed by atoms with E-state index < -0.39 is 29.1 Å². The molecule has 3 aliphatic rings. The normalized spacial score (nSPS) is 33.2. The van der Waals surface area contributed by atoms with Crippen LogP contribution in [-0.4, -0.2) is 35.2 Å². The third-order valence-electron chi connectivity index (χ3n) is 5.65. The van der Waals surface area contributed by atoms with Crippen LogP contribution in [0.25, 0.3) is 0 Å². The molecule has 0 radical (unpaired) electrons. The van der Waals surface area contributed by atoms with Gasteiger partial charge in [-0.3, -0.25) is 24.6 Å². The molecule has 4 atom stereocenters. The third-order valence-corrected chi connectivity index (χ3v) is 5.65. The largest absolute Gasteiger partial charge is 0.324 e. The zero-order chi connectivity index (χ0) is 17.9. The number of amides is 3. The molecule has 6 nitrogen and oxygen atoms in total. The fourth-order valence-electron chi connectivity index (χ4n) is 4.53. The molecule has 0 aliphatic carbocycles. The van der Waals surface area contributed by atoms with Crippen LogP contribution in [0.3, 0.4) is 0 Å². The van der Waals surface area contributed by atoms with Crippen LogP contribution in [0.5, 0.6) is 0 Å². The number of nitrogens with one attached hydrogen (secondary N) is 2. The smallest absolute Gasteiger partial charge is 0.250 e. The number of nitrogens with zero attached hydrogens (tertiary/aromatic N) is 1. The van der Waals surface area contributed by atoms with E-state index in [0.717, 1.165) is 12.8 Å². The van der Waals surface area contributed by atoms with Gasteiger partial charge in [0.2, 0.25) is 17.7 Å². The van der Waals surface area contributed by atoms with Crippen molar-refractivity contribution in [2.75, 3.05) is 11.9 Å². The quantitative estimate of drug-likeness (QED) is 0.811. The molecule has 1 aromatic rings. The van der Waals surface area contributed by atoms with E-state index >= 15 is 0 Å². The summed E-state index contributed by atoms with van der Waals surface area (Å²) in [5, 5.41) is 5.89. The van der Waals surface area contributed by atoms with Crippen molar-refractivity contribution in [2.24, 2.45) is 11.8 Å². The SMILES string of the molecule is CCCCN1C(=O)[C@@H]2[C@H](C)N[C@@]3(C(=O)Nc4ccc(F)cc43)[C@@H]2C1=O. The maximum absolute atomic E-state index is 13.9. The molecule has 3 amide bonds. The average molecular weight is 345 g/mol. The minimum absolute atomic E-state index is 0.238. The number of rotatable bonds is 3. The Labute approximate surface area is 144 Å². The Morgan fingerprint density at radius 2 is 2.00 bits per heavy atom. The number of benzene rings is 1. The van der Waals surface area contributed by atoms with Crippen molar-refractivity contribution >= 4 is 23.4 Å². The highest BCUT2D eigenvalue weighted by atomic mass is 19.1. The molecule has 4 rings (SSSR count). The van der Waals surface area contributed by atoms with Crippen molar-refractivity contribution in [3.05, 3.63) is 29.6 Å². The predicted octanol–water partition coefficient (Wildman–Crippen LogP) is 1.37. The number of fused-ring (bicyclic) bond motifs is 4. The number of imide groups is 1. The van der Waals surface area contributed by atoms with Crippen LogP contribution in [-0.2, 0) is 19.9 Å². The minimum atomic E-state index is -1.38. The Balaban J connectivity index is 1.83. The van der Waals surface area contributed by atoms with Gasteiger partial charge in [0, 0.05) is 23.8 Å². The summed E-state index contributed by atoms with van der Waals surface area (Å²) in [6, 6.07) is 3.69. The highest BCUT2D eigenvalue weighted by Crippen LogP contribution is 2.52. The predicted molar refractivity (Wildman–Crippen MR) is 87.9 cm³/mol. The lowest BCUT2D eigenvalue weighted by atomic mass is 9.76. The van der Waals surface area contributed by atoms with E-state index in [9.17, 15) is 18.8 Å². The molecule has 3 aliphatic heterocycles. The summed E-state index contributed by atoms with van der Waals surface area (Å²) in [5.74, 6) is -2.90. The molecule has 0 saturated carbocycles. The van der Waals surface area contributed by atoms with Crippen LogP contribution in [0.4, 0.5) is 10.1 Å². The third kappa shape index (κ3) is 1.96. The zero-order valence-electron chi connectivity index (χ0n) is 14.1. The van der Waals surface area contributed by atoms with Crippen LogP contribution in [0.1, 0.15) is 32.3 Å². The number of hydrogen-bond acceptors (Lipinski definition) is 4. The first-order valence-electron chi connectivity index (χ1n) is 8.66. The highest BCUT2D eigenvalue weighted by Gasteiger charge is 2.69. The van der Waals surface area contributed by atoms with Crippen molar-refractivity contribution < 1.29 is 18.8 Å². The molecule has 25 heavy (non-hydrogen) atoms. The van der Waals surface area contributed by atoms with Gasteiger partial charge >= 0.3 is 0 Å². The first kappa shape index (κ1) is 16.2. The van der Waals surface area contributed by atoms with Gasteiger partial charge in [0.05, 0.1) is 11.8 Å². The lowest BCUT2D eigenvalue weighted by Crippen LogP contribution is -2.53. The van der Waals surface area contributed by atoms with Gasteiger partial charge in [-0.15, -0.1) is 0 Å². The van der Waals surface area contributed by atoms with E-state index in [4.69, 9.17) is 0 Å². The summed E-state index contributed by atoms with van der Waals surface area (Å²) >= 11 is 0. The van der Waals surface area contributed by atoms with E-state index in [-0.39, 0.29) is 17.9 Å². The van der Waals surface area contributed by atoms with Gasteiger partial charge in [-0.2, -0.15) is 0 Å². The molecule has 132 valence electrons. The van der Waals surface area contributed by atoms with Crippen LogP contribution >= 0.6 is 0 Å². The molecule has 2 fully saturated rings. The van der Waals surface area contributed by atoms with Crippen LogP contribution in [0, 0.1) is 17.7 Å². The monoisotopic (exact) mass is 345 g/mol. The lowest BCUT2D eigenvalue weighted by molar-refractivity contribution is -0.142. The number of hydrogen-bond donors (Lipinski definition) is 2. The van der Waals surface area contributed by atoms with Gasteiger partial charge in [0.25, 0.3) is 0 Å². The summed E-state index contributed by atoms with van der Waals surface area (Å²) in [6.07, 6.45) is 1.59. The topological polar surface area (TPSA) is 78.5 Å². The molecular formula is C18H20FN3O3. The highest BCUT2D eigenvalue weighted by molar-refractivity contribution is 6.15. The van der Waals surface area contributed by atoms with Gasteiger partial charge in [-0.25, -0.2) is 4.39 Å². The Hall–Kier alpha value is -2.28. The number of anilines is 1. The molecule has 0 unspecified atom stereocenters. The maximum atomic E-state index is 13.9. The minimum Gasteiger partial charge on any atom is -0.324 e. The number of carbonyl (C=O) groups is 3. The Bertz CT molecular complexity index is 796. The Morgan fingerprint density at radius 3 is 2.72 bits per heavy atom. The van der Waals surface area contributed by atoms with Crippen LogP contribution in [0.2, 0.25) is 0 Å². The second kappa shape index (κ2) is 5.36. The summed E-state index contributed by atoms with van der Waals surface area (Å²) < 4.78 is 13.9. The second-order valence-electron chi connectivity index (χ2n) is 7.07. The molecule has 1 spiro atoms. The lowest BCUT2D eigenvalue weighted by Gasteiger charge is -2.29. The van der Waals surface area contributed by atoms with E-state index in [1.54, 1.807) is 6.92 Å². The van der Waals surface area contributed by atoms with Crippen molar-refractivity contribution in [3.8, 4) is 0 Å².